The lowest BCUT2D eigenvalue weighted by Gasteiger charge is -2.26. The SMILES string of the molecule is COc1ccc(N2C(=O)NC(=O)/C(=C\c3cc(Br)c(OCC(=O)Nc4cc(C)ccc4C)c(Br)c3)C2=O)cc1. The fourth-order valence-electron chi connectivity index (χ4n) is 3.79. The molecular weight excluding hydrogens is 634 g/mol. The van der Waals surface area contributed by atoms with E-state index in [1.54, 1.807) is 36.4 Å². The van der Waals surface area contributed by atoms with Crippen molar-refractivity contribution in [3.63, 3.8) is 0 Å². The first-order valence-corrected chi connectivity index (χ1v) is 13.2. The van der Waals surface area contributed by atoms with E-state index < -0.39 is 17.8 Å². The van der Waals surface area contributed by atoms with Gasteiger partial charge in [0.15, 0.2) is 6.61 Å². The summed E-state index contributed by atoms with van der Waals surface area (Å²) in [7, 11) is 1.50. The maximum Gasteiger partial charge on any atom is 0.335 e. The minimum Gasteiger partial charge on any atom is -0.497 e. The molecule has 0 unspecified atom stereocenters. The van der Waals surface area contributed by atoms with E-state index in [9.17, 15) is 19.2 Å². The Labute approximate surface area is 241 Å². The maximum absolute atomic E-state index is 13.2. The summed E-state index contributed by atoms with van der Waals surface area (Å²) in [6, 6.07) is 14.5. The second-order valence-electron chi connectivity index (χ2n) is 8.62. The van der Waals surface area contributed by atoms with E-state index in [-0.39, 0.29) is 23.8 Å². The molecule has 0 aromatic heterocycles. The van der Waals surface area contributed by atoms with E-state index in [2.05, 4.69) is 42.5 Å². The molecule has 1 aliphatic rings. The third kappa shape index (κ3) is 6.37. The lowest BCUT2D eigenvalue weighted by molar-refractivity contribution is -0.122. The first kappa shape index (κ1) is 28.1. The zero-order valence-corrected chi connectivity index (χ0v) is 24.3. The molecule has 0 saturated carbocycles. The van der Waals surface area contributed by atoms with Crippen molar-refractivity contribution in [3.8, 4) is 11.5 Å². The molecule has 9 nitrogen and oxygen atoms in total. The molecule has 0 atom stereocenters. The molecule has 5 amide bonds. The molecule has 3 aromatic rings. The highest BCUT2D eigenvalue weighted by Gasteiger charge is 2.36. The quantitative estimate of drug-likeness (QED) is 0.256. The summed E-state index contributed by atoms with van der Waals surface area (Å²) < 4.78 is 11.8. The molecule has 1 heterocycles. The number of benzene rings is 3. The number of imide groups is 2. The van der Waals surface area contributed by atoms with E-state index in [0.717, 1.165) is 16.0 Å². The lowest BCUT2D eigenvalue weighted by Crippen LogP contribution is -2.54. The highest BCUT2D eigenvalue weighted by molar-refractivity contribution is 9.11. The minimum atomic E-state index is -0.849. The van der Waals surface area contributed by atoms with Crippen LogP contribution in [0.15, 0.2) is 69.1 Å². The van der Waals surface area contributed by atoms with Crippen LogP contribution in [-0.2, 0) is 14.4 Å². The number of nitrogens with zero attached hydrogens (tertiary/aromatic N) is 1. The minimum absolute atomic E-state index is 0.231. The molecule has 3 aromatic carbocycles. The molecule has 200 valence electrons. The Bertz CT molecular complexity index is 1500. The van der Waals surface area contributed by atoms with Crippen molar-refractivity contribution in [3.05, 3.63) is 85.8 Å². The van der Waals surface area contributed by atoms with E-state index in [4.69, 9.17) is 9.47 Å². The number of methoxy groups -OCH3 is 1. The predicted molar refractivity (Wildman–Crippen MR) is 154 cm³/mol. The molecule has 4 rings (SSSR count). The number of aryl methyl sites for hydroxylation is 2. The van der Waals surface area contributed by atoms with Crippen molar-refractivity contribution in [2.45, 2.75) is 13.8 Å². The molecule has 0 spiro atoms. The Kier molecular flexibility index (Phi) is 8.51. The summed E-state index contributed by atoms with van der Waals surface area (Å²) >= 11 is 6.85. The van der Waals surface area contributed by atoms with Crippen LogP contribution in [0.25, 0.3) is 6.08 Å². The molecular formula is C28H23Br2N3O6. The molecule has 1 saturated heterocycles. The smallest absolute Gasteiger partial charge is 0.335 e. The van der Waals surface area contributed by atoms with Crippen molar-refractivity contribution in [2.75, 3.05) is 23.9 Å². The van der Waals surface area contributed by atoms with E-state index in [1.165, 1.54) is 13.2 Å². The predicted octanol–water partition coefficient (Wildman–Crippen LogP) is 5.52. The number of nitrogens with one attached hydrogen (secondary N) is 2. The number of anilines is 2. The van der Waals surface area contributed by atoms with Gasteiger partial charge in [0.05, 0.1) is 21.7 Å². The third-order valence-corrected chi connectivity index (χ3v) is 6.96. The first-order chi connectivity index (χ1) is 18.6. The largest absolute Gasteiger partial charge is 0.497 e. The zero-order valence-electron chi connectivity index (χ0n) is 21.1. The fourth-order valence-corrected chi connectivity index (χ4v) is 5.24. The van der Waals surface area contributed by atoms with Crippen molar-refractivity contribution in [1.82, 2.24) is 5.32 Å². The number of ether oxygens (including phenoxy) is 2. The summed E-state index contributed by atoms with van der Waals surface area (Å²) in [4.78, 5) is 51.5. The average Bonchev–Trinajstić information content (AvgIpc) is 2.88. The number of hydrogen-bond acceptors (Lipinski definition) is 6. The lowest BCUT2D eigenvalue weighted by atomic mass is 10.1. The highest BCUT2D eigenvalue weighted by Crippen LogP contribution is 2.36. The van der Waals surface area contributed by atoms with Gasteiger partial charge >= 0.3 is 6.03 Å². The van der Waals surface area contributed by atoms with Gasteiger partial charge in [0.2, 0.25) is 0 Å². The fraction of sp³-hybridized carbons (Fsp3) is 0.143. The van der Waals surface area contributed by atoms with E-state index in [0.29, 0.717) is 31.7 Å². The average molecular weight is 657 g/mol. The molecule has 0 bridgehead atoms. The number of rotatable bonds is 7. The Hall–Kier alpha value is -3.96. The van der Waals surface area contributed by atoms with Crippen LogP contribution in [0.4, 0.5) is 16.2 Å². The molecule has 39 heavy (non-hydrogen) atoms. The number of amides is 5. The van der Waals surface area contributed by atoms with Gasteiger partial charge in [-0.05, 0) is 111 Å². The van der Waals surface area contributed by atoms with E-state index >= 15 is 0 Å². The first-order valence-electron chi connectivity index (χ1n) is 11.6. The van der Waals surface area contributed by atoms with Crippen molar-refractivity contribution in [2.24, 2.45) is 0 Å². The number of carbonyl (C=O) groups excluding carboxylic acids is 4. The zero-order chi connectivity index (χ0) is 28.3. The summed E-state index contributed by atoms with van der Waals surface area (Å²) in [5, 5.41) is 5.03. The van der Waals surface area contributed by atoms with Gasteiger partial charge in [-0.1, -0.05) is 12.1 Å². The number of barbiturate groups is 1. The van der Waals surface area contributed by atoms with Crippen LogP contribution in [-0.4, -0.2) is 37.5 Å². The van der Waals surface area contributed by atoms with Crippen LogP contribution < -0.4 is 25.0 Å². The molecule has 0 radical (unpaired) electrons. The Morgan fingerprint density at radius 2 is 1.67 bits per heavy atom. The summed E-state index contributed by atoms with van der Waals surface area (Å²) in [6.45, 7) is 3.60. The Morgan fingerprint density at radius 1 is 1.00 bits per heavy atom. The second-order valence-corrected chi connectivity index (χ2v) is 10.3. The molecule has 0 aliphatic carbocycles. The van der Waals surface area contributed by atoms with Crippen molar-refractivity contribution >= 4 is 73.1 Å². The van der Waals surface area contributed by atoms with Gasteiger partial charge in [0.25, 0.3) is 17.7 Å². The number of hydrogen-bond donors (Lipinski definition) is 2. The summed E-state index contributed by atoms with van der Waals surface area (Å²) in [6.07, 6.45) is 1.37. The summed E-state index contributed by atoms with van der Waals surface area (Å²) in [5.41, 5.74) is 3.19. The van der Waals surface area contributed by atoms with E-state index in [1.807, 2.05) is 32.0 Å². The third-order valence-electron chi connectivity index (χ3n) is 5.78. The van der Waals surface area contributed by atoms with Gasteiger partial charge in [-0.3, -0.25) is 19.7 Å². The second kappa shape index (κ2) is 11.8. The van der Waals surface area contributed by atoms with Gasteiger partial charge < -0.3 is 14.8 Å². The highest BCUT2D eigenvalue weighted by atomic mass is 79.9. The molecule has 11 heteroatoms. The van der Waals surface area contributed by atoms with Crippen molar-refractivity contribution < 1.29 is 28.7 Å². The van der Waals surface area contributed by atoms with Crippen LogP contribution in [0.2, 0.25) is 0 Å². The molecule has 2 N–H and O–H groups in total. The van der Waals surface area contributed by atoms with Crippen LogP contribution in [0.1, 0.15) is 16.7 Å². The Morgan fingerprint density at radius 3 is 2.31 bits per heavy atom. The number of carbonyl (C=O) groups is 4. The molecule has 1 fully saturated rings. The van der Waals surface area contributed by atoms with Gasteiger partial charge in [-0.25, -0.2) is 9.69 Å². The summed E-state index contributed by atoms with van der Waals surface area (Å²) in [5.74, 6) is -1.01. The van der Waals surface area contributed by atoms with Gasteiger partial charge in [0, 0.05) is 5.69 Å². The van der Waals surface area contributed by atoms with Gasteiger partial charge in [0.1, 0.15) is 17.1 Å². The normalized spacial score (nSPS) is 14.3. The standard InChI is InChI=1S/C28H23Br2N3O6/c1-15-4-5-16(2)23(10-15)31-24(34)14-39-25-21(29)12-17(13-22(25)30)11-20-26(35)32-28(37)33(27(20)36)18-6-8-19(38-3)9-7-18/h4-13H,14H2,1-3H3,(H,31,34)(H,32,35,37)/b20-11+. The van der Waals surface area contributed by atoms with Crippen LogP contribution in [0.3, 0.4) is 0 Å². The maximum atomic E-state index is 13.2. The van der Waals surface area contributed by atoms with Crippen LogP contribution in [0, 0.1) is 13.8 Å². The number of halogens is 2. The Balaban J connectivity index is 1.52. The monoisotopic (exact) mass is 655 g/mol. The van der Waals surface area contributed by atoms with Gasteiger partial charge in [-0.2, -0.15) is 0 Å². The number of urea groups is 1. The van der Waals surface area contributed by atoms with Crippen LogP contribution >= 0.6 is 31.9 Å². The van der Waals surface area contributed by atoms with Gasteiger partial charge in [-0.15, -0.1) is 0 Å². The molecule has 1 aliphatic heterocycles. The van der Waals surface area contributed by atoms with Crippen molar-refractivity contribution in [1.29, 1.82) is 0 Å². The van der Waals surface area contributed by atoms with Crippen LogP contribution in [0.5, 0.6) is 11.5 Å². The topological polar surface area (TPSA) is 114 Å².